The van der Waals surface area contributed by atoms with Gasteiger partial charge in [0.05, 0.1) is 7.11 Å². The van der Waals surface area contributed by atoms with Crippen molar-refractivity contribution in [3.8, 4) is 5.75 Å². The predicted molar refractivity (Wildman–Crippen MR) is 112 cm³/mol. The number of nitrogens with zero attached hydrogens (tertiary/aromatic N) is 1. The average Bonchev–Trinajstić information content (AvgIpc) is 2.76. The highest BCUT2D eigenvalue weighted by molar-refractivity contribution is 5.93. The molecule has 0 unspecified atom stereocenters. The van der Waals surface area contributed by atoms with Gasteiger partial charge in [0.2, 0.25) is 0 Å². The summed E-state index contributed by atoms with van der Waals surface area (Å²) in [6.07, 6.45) is 3.68. The second kappa shape index (κ2) is 10.1. The first-order valence-corrected chi connectivity index (χ1v) is 9.40. The molecular weight excluding hydrogens is 350 g/mol. The predicted octanol–water partition coefficient (Wildman–Crippen LogP) is 4.06. The molecule has 0 saturated carbocycles. The molecule has 1 amide bonds. The number of amides is 1. The lowest BCUT2D eigenvalue weighted by Gasteiger charge is -2.10. The topological polar surface area (TPSA) is 63.2 Å². The molecule has 0 fully saturated rings. The highest BCUT2D eigenvalue weighted by atomic mass is 16.5. The lowest BCUT2D eigenvalue weighted by atomic mass is 10.1. The zero-order chi connectivity index (χ0) is 19.6. The molecule has 0 aliphatic rings. The van der Waals surface area contributed by atoms with Crippen LogP contribution >= 0.6 is 0 Å². The fourth-order valence-electron chi connectivity index (χ4n) is 2.95. The van der Waals surface area contributed by atoms with Crippen molar-refractivity contribution < 1.29 is 9.53 Å². The van der Waals surface area contributed by atoms with Crippen molar-refractivity contribution in [1.29, 1.82) is 0 Å². The number of anilines is 1. The van der Waals surface area contributed by atoms with E-state index in [1.807, 2.05) is 36.4 Å². The van der Waals surface area contributed by atoms with Crippen LogP contribution in [0.2, 0.25) is 0 Å². The van der Waals surface area contributed by atoms with E-state index in [1.54, 1.807) is 19.4 Å². The Kier molecular flexibility index (Phi) is 7.01. The Morgan fingerprint density at radius 3 is 2.64 bits per heavy atom. The summed E-state index contributed by atoms with van der Waals surface area (Å²) in [6, 6.07) is 21.7. The molecule has 1 heterocycles. The first-order chi connectivity index (χ1) is 13.8. The summed E-state index contributed by atoms with van der Waals surface area (Å²) < 4.78 is 5.31. The van der Waals surface area contributed by atoms with E-state index in [1.165, 1.54) is 5.56 Å². The van der Waals surface area contributed by atoms with E-state index < -0.39 is 0 Å². The second-order valence-corrected chi connectivity index (χ2v) is 6.44. The van der Waals surface area contributed by atoms with Crippen molar-refractivity contribution in [2.45, 2.75) is 19.4 Å². The zero-order valence-electron chi connectivity index (χ0n) is 16.0. The standard InChI is InChI=1S/C23H25N3O2/c1-28-22-12-6-5-11-19(22)17-26-23(27)21-16-20(13-15-25-21)24-14-7-10-18-8-3-2-4-9-18/h2-6,8-9,11-13,15-16H,7,10,14,17H2,1H3,(H,24,25)(H,26,27). The number of carbonyl (C=O) groups is 1. The molecule has 0 aliphatic heterocycles. The summed E-state index contributed by atoms with van der Waals surface area (Å²) in [6.45, 7) is 1.22. The SMILES string of the molecule is COc1ccccc1CNC(=O)c1cc(NCCCc2ccccc2)ccn1. The smallest absolute Gasteiger partial charge is 0.270 e. The number of para-hydroxylation sites is 1. The van der Waals surface area contributed by atoms with Gasteiger partial charge in [0, 0.05) is 30.5 Å². The quantitative estimate of drug-likeness (QED) is 0.554. The van der Waals surface area contributed by atoms with E-state index in [-0.39, 0.29) is 5.91 Å². The molecule has 2 aromatic carbocycles. The summed E-state index contributed by atoms with van der Waals surface area (Å²) >= 11 is 0. The number of hydrogen-bond donors (Lipinski definition) is 2. The number of benzene rings is 2. The minimum absolute atomic E-state index is 0.209. The highest BCUT2D eigenvalue weighted by Crippen LogP contribution is 2.17. The number of methoxy groups -OCH3 is 1. The van der Waals surface area contributed by atoms with Gasteiger partial charge < -0.3 is 15.4 Å². The second-order valence-electron chi connectivity index (χ2n) is 6.44. The maximum absolute atomic E-state index is 12.4. The third-order valence-electron chi connectivity index (χ3n) is 4.44. The molecule has 5 nitrogen and oxygen atoms in total. The van der Waals surface area contributed by atoms with Crippen LogP contribution in [0, 0.1) is 0 Å². The van der Waals surface area contributed by atoms with E-state index >= 15 is 0 Å². The van der Waals surface area contributed by atoms with Crippen LogP contribution in [-0.2, 0) is 13.0 Å². The molecule has 0 saturated heterocycles. The maximum Gasteiger partial charge on any atom is 0.270 e. The van der Waals surface area contributed by atoms with Gasteiger partial charge in [-0.1, -0.05) is 48.5 Å². The minimum Gasteiger partial charge on any atom is -0.496 e. The molecule has 0 atom stereocenters. The molecule has 144 valence electrons. The Morgan fingerprint density at radius 2 is 1.82 bits per heavy atom. The van der Waals surface area contributed by atoms with Crippen LogP contribution in [0.3, 0.4) is 0 Å². The van der Waals surface area contributed by atoms with E-state index in [0.29, 0.717) is 12.2 Å². The number of pyridine rings is 1. The van der Waals surface area contributed by atoms with Crippen molar-refractivity contribution in [1.82, 2.24) is 10.3 Å². The maximum atomic E-state index is 12.4. The summed E-state index contributed by atoms with van der Waals surface area (Å²) in [4.78, 5) is 16.6. The van der Waals surface area contributed by atoms with Crippen LogP contribution in [-0.4, -0.2) is 24.5 Å². The number of nitrogens with one attached hydrogen (secondary N) is 2. The molecule has 3 rings (SSSR count). The van der Waals surface area contributed by atoms with Gasteiger partial charge in [-0.25, -0.2) is 0 Å². The lowest BCUT2D eigenvalue weighted by molar-refractivity contribution is 0.0945. The van der Waals surface area contributed by atoms with E-state index in [4.69, 9.17) is 4.74 Å². The Labute approximate surface area is 165 Å². The minimum atomic E-state index is -0.209. The number of hydrogen-bond acceptors (Lipinski definition) is 4. The van der Waals surface area contributed by atoms with E-state index in [0.717, 1.165) is 36.4 Å². The number of ether oxygens (including phenoxy) is 1. The summed E-state index contributed by atoms with van der Waals surface area (Å²) in [5, 5.41) is 6.26. The number of aromatic nitrogens is 1. The number of rotatable bonds is 9. The molecule has 28 heavy (non-hydrogen) atoms. The van der Waals surface area contributed by atoms with Crippen LogP contribution < -0.4 is 15.4 Å². The monoisotopic (exact) mass is 375 g/mol. The Hall–Kier alpha value is -3.34. The average molecular weight is 375 g/mol. The zero-order valence-corrected chi connectivity index (χ0v) is 16.0. The fraction of sp³-hybridized carbons (Fsp3) is 0.217. The molecule has 0 bridgehead atoms. The van der Waals surface area contributed by atoms with Gasteiger partial charge in [-0.05, 0) is 36.6 Å². The van der Waals surface area contributed by atoms with Gasteiger partial charge in [-0.2, -0.15) is 0 Å². The van der Waals surface area contributed by atoms with Crippen molar-refractivity contribution in [3.63, 3.8) is 0 Å². The van der Waals surface area contributed by atoms with E-state index in [2.05, 4.69) is 39.9 Å². The molecule has 0 spiro atoms. The third kappa shape index (κ3) is 5.58. The van der Waals surface area contributed by atoms with Crippen molar-refractivity contribution in [3.05, 3.63) is 89.7 Å². The van der Waals surface area contributed by atoms with Crippen LogP contribution in [0.4, 0.5) is 5.69 Å². The molecular formula is C23H25N3O2. The normalized spacial score (nSPS) is 10.3. The Bertz CT molecular complexity index is 897. The number of carbonyl (C=O) groups excluding carboxylic acids is 1. The van der Waals surface area contributed by atoms with Crippen molar-refractivity contribution in [2.75, 3.05) is 19.0 Å². The van der Waals surface area contributed by atoms with Crippen LogP contribution in [0.15, 0.2) is 72.9 Å². The van der Waals surface area contributed by atoms with Gasteiger partial charge in [-0.15, -0.1) is 0 Å². The van der Waals surface area contributed by atoms with Gasteiger partial charge in [-0.3, -0.25) is 9.78 Å². The molecule has 3 aromatic rings. The summed E-state index contributed by atoms with van der Waals surface area (Å²) in [5.41, 5.74) is 3.54. The van der Waals surface area contributed by atoms with E-state index in [9.17, 15) is 4.79 Å². The first kappa shape index (κ1) is 19.4. The molecule has 2 N–H and O–H groups in total. The molecule has 1 aromatic heterocycles. The van der Waals surface area contributed by atoms with Crippen LogP contribution in [0.25, 0.3) is 0 Å². The van der Waals surface area contributed by atoms with Crippen LogP contribution in [0.5, 0.6) is 5.75 Å². The summed E-state index contributed by atoms with van der Waals surface area (Å²) in [5.74, 6) is 0.545. The third-order valence-corrected chi connectivity index (χ3v) is 4.44. The largest absolute Gasteiger partial charge is 0.496 e. The lowest BCUT2D eigenvalue weighted by Crippen LogP contribution is -2.24. The Balaban J connectivity index is 1.50. The summed E-state index contributed by atoms with van der Waals surface area (Å²) in [7, 11) is 1.62. The van der Waals surface area contributed by atoms with Crippen molar-refractivity contribution >= 4 is 11.6 Å². The Morgan fingerprint density at radius 1 is 1.04 bits per heavy atom. The highest BCUT2D eigenvalue weighted by Gasteiger charge is 2.09. The molecule has 0 aliphatic carbocycles. The van der Waals surface area contributed by atoms with Gasteiger partial charge in [0.25, 0.3) is 5.91 Å². The number of aryl methyl sites for hydroxylation is 1. The van der Waals surface area contributed by atoms with Gasteiger partial charge in [0.1, 0.15) is 11.4 Å². The van der Waals surface area contributed by atoms with Crippen LogP contribution in [0.1, 0.15) is 28.0 Å². The van der Waals surface area contributed by atoms with Gasteiger partial charge in [0.15, 0.2) is 0 Å². The first-order valence-electron chi connectivity index (χ1n) is 9.40. The van der Waals surface area contributed by atoms with Crippen molar-refractivity contribution in [2.24, 2.45) is 0 Å². The fourth-order valence-corrected chi connectivity index (χ4v) is 2.95. The molecule has 0 radical (unpaired) electrons. The molecule has 5 heteroatoms. The van der Waals surface area contributed by atoms with Gasteiger partial charge >= 0.3 is 0 Å².